The number of anilines is 1. The van der Waals surface area contributed by atoms with Crippen LogP contribution in [0.1, 0.15) is 32.2 Å². The van der Waals surface area contributed by atoms with Gasteiger partial charge in [-0.1, -0.05) is 0 Å². The number of nitrogens with zero attached hydrogens (tertiary/aromatic N) is 3. The minimum Gasteiger partial charge on any atom is -0.470 e. The van der Waals surface area contributed by atoms with E-state index in [0.29, 0.717) is 11.6 Å². The molecular formula is C14H20N4O. The monoisotopic (exact) mass is 260 g/mol. The van der Waals surface area contributed by atoms with E-state index in [9.17, 15) is 0 Å². The SMILES string of the molecule is Cc1ncn(-c2ccc(N)c(OC(C)(C)C)n2)c1C. The van der Waals surface area contributed by atoms with Crippen molar-refractivity contribution >= 4 is 5.69 Å². The van der Waals surface area contributed by atoms with Gasteiger partial charge in [-0.25, -0.2) is 4.98 Å². The van der Waals surface area contributed by atoms with Crippen LogP contribution in [0.15, 0.2) is 18.5 Å². The van der Waals surface area contributed by atoms with Crippen molar-refractivity contribution in [3.05, 3.63) is 29.8 Å². The summed E-state index contributed by atoms with van der Waals surface area (Å²) in [7, 11) is 0. The van der Waals surface area contributed by atoms with Crippen LogP contribution in [0.4, 0.5) is 5.69 Å². The standard InChI is InChI=1S/C14H20N4O/c1-9-10(2)18(8-16-9)12-7-6-11(15)13(17-12)19-14(3,4)5/h6-8H,15H2,1-5H3. The molecule has 19 heavy (non-hydrogen) atoms. The molecule has 0 fully saturated rings. The smallest absolute Gasteiger partial charge is 0.239 e. The fourth-order valence-electron chi connectivity index (χ4n) is 1.68. The van der Waals surface area contributed by atoms with Gasteiger partial charge in [-0.2, -0.15) is 4.98 Å². The van der Waals surface area contributed by atoms with Crippen molar-refractivity contribution in [2.45, 2.75) is 40.2 Å². The van der Waals surface area contributed by atoms with E-state index in [1.807, 2.05) is 45.3 Å². The minimum atomic E-state index is -0.334. The summed E-state index contributed by atoms with van der Waals surface area (Å²) in [6.07, 6.45) is 1.75. The molecule has 0 aliphatic heterocycles. The van der Waals surface area contributed by atoms with Gasteiger partial charge in [0.1, 0.15) is 17.7 Å². The number of hydrogen-bond acceptors (Lipinski definition) is 4. The normalized spacial score (nSPS) is 11.6. The molecule has 0 saturated heterocycles. The number of aromatic nitrogens is 3. The highest BCUT2D eigenvalue weighted by atomic mass is 16.5. The Morgan fingerprint density at radius 1 is 1.21 bits per heavy atom. The van der Waals surface area contributed by atoms with Gasteiger partial charge in [0.15, 0.2) is 0 Å². The third-order valence-electron chi connectivity index (χ3n) is 2.78. The molecular weight excluding hydrogens is 240 g/mol. The zero-order valence-electron chi connectivity index (χ0n) is 12.1. The van der Waals surface area contributed by atoms with Crippen LogP contribution in [0.25, 0.3) is 5.82 Å². The summed E-state index contributed by atoms with van der Waals surface area (Å²) in [4.78, 5) is 8.75. The average Bonchev–Trinajstić information content (AvgIpc) is 2.61. The molecule has 0 unspecified atom stereocenters. The van der Waals surface area contributed by atoms with Gasteiger partial charge < -0.3 is 10.5 Å². The van der Waals surface area contributed by atoms with Crippen LogP contribution < -0.4 is 10.5 Å². The molecule has 5 nitrogen and oxygen atoms in total. The van der Waals surface area contributed by atoms with E-state index in [1.54, 1.807) is 12.4 Å². The van der Waals surface area contributed by atoms with Crippen LogP contribution in [0.3, 0.4) is 0 Å². The number of ether oxygens (including phenoxy) is 1. The van der Waals surface area contributed by atoms with Crippen LogP contribution in [-0.4, -0.2) is 20.1 Å². The second-order valence-corrected chi connectivity index (χ2v) is 5.56. The van der Waals surface area contributed by atoms with Crippen LogP contribution in [0, 0.1) is 13.8 Å². The third kappa shape index (κ3) is 2.86. The maximum absolute atomic E-state index is 5.91. The zero-order valence-corrected chi connectivity index (χ0v) is 12.1. The maximum atomic E-state index is 5.91. The minimum absolute atomic E-state index is 0.334. The molecule has 0 bridgehead atoms. The average molecular weight is 260 g/mol. The topological polar surface area (TPSA) is 66.0 Å². The van der Waals surface area contributed by atoms with Crippen molar-refractivity contribution in [3.8, 4) is 11.7 Å². The summed E-state index contributed by atoms with van der Waals surface area (Å²) in [6.45, 7) is 9.87. The molecule has 0 aliphatic rings. The Labute approximate surface area is 113 Å². The van der Waals surface area contributed by atoms with Gasteiger partial charge in [-0.05, 0) is 46.8 Å². The van der Waals surface area contributed by atoms with Gasteiger partial charge in [-0.3, -0.25) is 4.57 Å². The predicted octanol–water partition coefficient (Wildman–Crippen LogP) is 2.64. The van der Waals surface area contributed by atoms with Crippen LogP contribution >= 0.6 is 0 Å². The Bertz CT molecular complexity index is 596. The Balaban J connectivity index is 2.44. The first-order valence-corrected chi connectivity index (χ1v) is 6.24. The van der Waals surface area contributed by atoms with Gasteiger partial charge in [0.2, 0.25) is 5.88 Å². The highest BCUT2D eigenvalue weighted by Gasteiger charge is 2.16. The lowest BCUT2D eigenvalue weighted by Gasteiger charge is -2.21. The first-order valence-electron chi connectivity index (χ1n) is 6.24. The summed E-state index contributed by atoms with van der Waals surface area (Å²) in [5.41, 5.74) is 8.15. The van der Waals surface area contributed by atoms with Crippen molar-refractivity contribution in [2.75, 3.05) is 5.73 Å². The molecule has 0 spiro atoms. The summed E-state index contributed by atoms with van der Waals surface area (Å²) in [6, 6.07) is 3.66. The van der Waals surface area contributed by atoms with E-state index in [2.05, 4.69) is 9.97 Å². The fraction of sp³-hybridized carbons (Fsp3) is 0.429. The van der Waals surface area contributed by atoms with Gasteiger partial charge >= 0.3 is 0 Å². The molecule has 0 aliphatic carbocycles. The quantitative estimate of drug-likeness (QED) is 0.901. The molecule has 0 radical (unpaired) electrons. The summed E-state index contributed by atoms with van der Waals surface area (Å²) in [5, 5.41) is 0. The summed E-state index contributed by atoms with van der Waals surface area (Å²) in [5.74, 6) is 1.21. The largest absolute Gasteiger partial charge is 0.470 e. The Morgan fingerprint density at radius 2 is 1.89 bits per heavy atom. The number of nitrogens with two attached hydrogens (primary N) is 1. The van der Waals surface area contributed by atoms with Crippen LogP contribution in [0.5, 0.6) is 5.88 Å². The van der Waals surface area contributed by atoms with E-state index >= 15 is 0 Å². The zero-order chi connectivity index (χ0) is 14.2. The Kier molecular flexibility index (Phi) is 3.22. The van der Waals surface area contributed by atoms with Crippen molar-refractivity contribution in [2.24, 2.45) is 0 Å². The highest BCUT2D eigenvalue weighted by Crippen LogP contribution is 2.25. The molecule has 0 saturated carbocycles. The molecule has 102 valence electrons. The van der Waals surface area contributed by atoms with Crippen molar-refractivity contribution in [1.82, 2.24) is 14.5 Å². The second-order valence-electron chi connectivity index (χ2n) is 5.56. The number of imidazole rings is 1. The molecule has 0 amide bonds. The number of rotatable bonds is 2. The van der Waals surface area contributed by atoms with E-state index in [1.165, 1.54) is 0 Å². The molecule has 2 N–H and O–H groups in total. The molecule has 0 aromatic carbocycles. The van der Waals surface area contributed by atoms with Crippen molar-refractivity contribution < 1.29 is 4.74 Å². The molecule has 0 atom stereocenters. The van der Waals surface area contributed by atoms with Crippen LogP contribution in [0.2, 0.25) is 0 Å². The molecule has 2 aromatic rings. The van der Waals surface area contributed by atoms with Crippen molar-refractivity contribution in [3.63, 3.8) is 0 Å². The predicted molar refractivity (Wildman–Crippen MR) is 75.6 cm³/mol. The number of pyridine rings is 1. The lowest BCUT2D eigenvalue weighted by molar-refractivity contribution is 0.125. The lowest BCUT2D eigenvalue weighted by atomic mass is 10.2. The Hall–Kier alpha value is -2.04. The third-order valence-corrected chi connectivity index (χ3v) is 2.78. The molecule has 2 rings (SSSR count). The van der Waals surface area contributed by atoms with E-state index in [0.717, 1.165) is 17.2 Å². The second kappa shape index (κ2) is 4.57. The molecule has 5 heteroatoms. The lowest BCUT2D eigenvalue weighted by Crippen LogP contribution is -2.24. The van der Waals surface area contributed by atoms with Crippen LogP contribution in [-0.2, 0) is 0 Å². The highest BCUT2D eigenvalue weighted by molar-refractivity contribution is 5.51. The van der Waals surface area contributed by atoms with Gasteiger partial charge in [0.25, 0.3) is 0 Å². The summed E-state index contributed by atoms with van der Waals surface area (Å²) < 4.78 is 7.69. The van der Waals surface area contributed by atoms with E-state index < -0.39 is 0 Å². The first kappa shape index (κ1) is 13.4. The number of aryl methyl sites for hydroxylation is 1. The first-order chi connectivity index (χ1) is 8.78. The van der Waals surface area contributed by atoms with Gasteiger partial charge in [-0.15, -0.1) is 0 Å². The Morgan fingerprint density at radius 3 is 2.42 bits per heavy atom. The maximum Gasteiger partial charge on any atom is 0.239 e. The summed E-state index contributed by atoms with van der Waals surface area (Å²) >= 11 is 0. The fourth-order valence-corrected chi connectivity index (χ4v) is 1.68. The van der Waals surface area contributed by atoms with Gasteiger partial charge in [0, 0.05) is 5.69 Å². The van der Waals surface area contributed by atoms with E-state index in [-0.39, 0.29) is 5.60 Å². The van der Waals surface area contributed by atoms with Gasteiger partial charge in [0.05, 0.1) is 11.4 Å². The van der Waals surface area contributed by atoms with E-state index in [4.69, 9.17) is 10.5 Å². The molecule has 2 heterocycles. The number of nitrogen functional groups attached to an aromatic ring is 1. The number of hydrogen-bond donors (Lipinski definition) is 1. The van der Waals surface area contributed by atoms with Crippen molar-refractivity contribution in [1.29, 1.82) is 0 Å². The molecule has 2 aromatic heterocycles.